The summed E-state index contributed by atoms with van der Waals surface area (Å²) in [5, 5.41) is 12.0. The van der Waals surface area contributed by atoms with E-state index in [0.29, 0.717) is 30.7 Å². The van der Waals surface area contributed by atoms with Crippen molar-refractivity contribution in [1.29, 1.82) is 0 Å². The van der Waals surface area contributed by atoms with Gasteiger partial charge in [-0.05, 0) is 105 Å². The molecule has 48 heavy (non-hydrogen) atoms. The molecule has 0 spiro atoms. The minimum Gasteiger partial charge on any atom is -0.348 e. The number of nitrogens with zero attached hydrogens (tertiary/aromatic N) is 1. The largest absolute Gasteiger partial charge is 0.348 e. The minimum absolute atomic E-state index is 0.00404. The van der Waals surface area contributed by atoms with Gasteiger partial charge < -0.3 is 26.2 Å². The number of carbonyl (C=O) groups excluding carboxylic acids is 5. The molecule has 0 radical (unpaired) electrons. The molecule has 5 amide bonds. The van der Waals surface area contributed by atoms with Crippen LogP contribution in [0, 0.1) is 53.3 Å². The Morgan fingerprint density at radius 3 is 2.23 bits per heavy atom. The maximum atomic E-state index is 14.6. The van der Waals surface area contributed by atoms with Crippen LogP contribution < -0.4 is 21.3 Å². The summed E-state index contributed by atoms with van der Waals surface area (Å²) in [5.74, 6) is 2.35. The molecule has 1 saturated heterocycles. The van der Waals surface area contributed by atoms with E-state index in [0.717, 1.165) is 51.4 Å². The SMILES string of the molecule is C#CCCNC(=O)C(=O)C(CCC=C)NC(=O)[C@@H]1[C@@H]2[C@H](CN1C(=O)C(NC(=O)NC13CC4CC(CC(C4)C1)C3)C1CCCCC1)C2(C)C. The van der Waals surface area contributed by atoms with E-state index in [2.05, 4.69) is 47.6 Å². The lowest BCUT2D eigenvalue weighted by molar-refractivity contribution is -0.144. The Hall–Kier alpha value is -3.35. The lowest BCUT2D eigenvalue weighted by Gasteiger charge is -2.56. The lowest BCUT2D eigenvalue weighted by Crippen LogP contribution is -2.64. The third-order valence-corrected chi connectivity index (χ3v) is 12.9. The monoisotopic (exact) mass is 661 g/mol. The number of rotatable bonds is 13. The quantitative estimate of drug-likeness (QED) is 0.103. The normalized spacial score (nSPS) is 33.8. The highest BCUT2D eigenvalue weighted by Crippen LogP contribution is 2.65. The van der Waals surface area contributed by atoms with E-state index in [9.17, 15) is 24.0 Å². The molecule has 262 valence electrons. The lowest BCUT2D eigenvalue weighted by atomic mass is 9.53. The van der Waals surface area contributed by atoms with Crippen LogP contribution in [0.15, 0.2) is 12.7 Å². The zero-order chi connectivity index (χ0) is 34.2. The van der Waals surface area contributed by atoms with E-state index in [4.69, 9.17) is 6.42 Å². The summed E-state index contributed by atoms with van der Waals surface area (Å²) in [6, 6.07) is -2.84. The second-order valence-corrected chi connectivity index (χ2v) is 16.6. The van der Waals surface area contributed by atoms with E-state index < -0.39 is 35.7 Å². The zero-order valence-electron chi connectivity index (χ0n) is 28.9. The van der Waals surface area contributed by atoms with Gasteiger partial charge in [-0.25, -0.2) is 4.79 Å². The van der Waals surface area contributed by atoms with Crippen LogP contribution >= 0.6 is 0 Å². The number of urea groups is 1. The number of carbonyl (C=O) groups is 5. The number of likely N-dealkylation sites (tertiary alicyclic amines) is 1. The fourth-order valence-corrected chi connectivity index (χ4v) is 10.8. The summed E-state index contributed by atoms with van der Waals surface area (Å²) in [6.45, 7) is 8.54. The van der Waals surface area contributed by atoms with Crippen LogP contribution in [-0.2, 0) is 19.2 Å². The molecule has 4 bridgehead atoms. The average Bonchev–Trinajstić information content (AvgIpc) is 3.35. The highest BCUT2D eigenvalue weighted by molar-refractivity contribution is 6.38. The summed E-state index contributed by atoms with van der Waals surface area (Å²) < 4.78 is 0. The molecule has 7 aliphatic rings. The number of piperidine rings is 1. The molecule has 10 heteroatoms. The molecule has 0 aromatic heterocycles. The van der Waals surface area contributed by atoms with E-state index in [1.54, 1.807) is 11.0 Å². The molecular weight excluding hydrogens is 606 g/mol. The first-order chi connectivity index (χ1) is 23.0. The fraction of sp³-hybridized carbons (Fsp3) is 0.763. The molecule has 2 unspecified atom stereocenters. The van der Waals surface area contributed by atoms with E-state index in [-0.39, 0.29) is 60.0 Å². The molecule has 5 atom stereocenters. The van der Waals surface area contributed by atoms with E-state index >= 15 is 0 Å². The number of amides is 5. The topological polar surface area (TPSA) is 137 Å². The average molecular weight is 662 g/mol. The number of terminal acetylenes is 1. The van der Waals surface area contributed by atoms with Crippen molar-refractivity contribution < 1.29 is 24.0 Å². The Kier molecular flexibility index (Phi) is 9.98. The molecule has 7 fully saturated rings. The number of Topliss-reactive ketones (excluding diaryl/α,β-unsaturated/α-hetero) is 1. The molecule has 0 aromatic rings. The van der Waals surface area contributed by atoms with Crippen molar-refractivity contribution in [3.63, 3.8) is 0 Å². The van der Waals surface area contributed by atoms with Gasteiger partial charge in [-0.3, -0.25) is 19.2 Å². The fourth-order valence-electron chi connectivity index (χ4n) is 10.8. The summed E-state index contributed by atoms with van der Waals surface area (Å²) in [7, 11) is 0. The van der Waals surface area contributed by atoms with Crippen molar-refractivity contribution in [3.8, 4) is 12.3 Å². The second-order valence-electron chi connectivity index (χ2n) is 16.6. The molecule has 10 nitrogen and oxygen atoms in total. The van der Waals surface area contributed by atoms with Crippen LogP contribution in [-0.4, -0.2) is 71.2 Å². The summed E-state index contributed by atoms with van der Waals surface area (Å²) in [4.78, 5) is 70.1. The molecular formula is C38H55N5O5. The van der Waals surface area contributed by atoms with Crippen molar-refractivity contribution in [2.24, 2.45) is 40.9 Å². The van der Waals surface area contributed by atoms with Gasteiger partial charge >= 0.3 is 6.03 Å². The van der Waals surface area contributed by atoms with Gasteiger partial charge in [-0.15, -0.1) is 18.9 Å². The number of ketones is 1. The van der Waals surface area contributed by atoms with Crippen LogP contribution in [0.5, 0.6) is 0 Å². The van der Waals surface area contributed by atoms with Gasteiger partial charge in [-0.2, -0.15) is 0 Å². The number of allylic oxidation sites excluding steroid dienone is 1. The predicted molar refractivity (Wildman–Crippen MR) is 182 cm³/mol. The maximum absolute atomic E-state index is 14.6. The van der Waals surface area contributed by atoms with Crippen LogP contribution in [0.25, 0.3) is 0 Å². The Morgan fingerprint density at radius 1 is 0.979 bits per heavy atom. The van der Waals surface area contributed by atoms with Crippen molar-refractivity contribution in [3.05, 3.63) is 12.7 Å². The van der Waals surface area contributed by atoms with E-state index in [1.165, 1.54) is 19.3 Å². The molecule has 1 heterocycles. The first kappa shape index (κ1) is 34.5. The first-order valence-electron chi connectivity index (χ1n) is 18.5. The van der Waals surface area contributed by atoms with E-state index in [1.807, 2.05) is 0 Å². The predicted octanol–water partition coefficient (Wildman–Crippen LogP) is 3.85. The zero-order valence-corrected chi connectivity index (χ0v) is 28.9. The van der Waals surface area contributed by atoms with Crippen molar-refractivity contribution in [2.75, 3.05) is 13.1 Å². The smallest absolute Gasteiger partial charge is 0.315 e. The summed E-state index contributed by atoms with van der Waals surface area (Å²) in [6.07, 6.45) is 19.6. The summed E-state index contributed by atoms with van der Waals surface area (Å²) >= 11 is 0. The van der Waals surface area contributed by atoms with Gasteiger partial charge in [0.25, 0.3) is 5.91 Å². The van der Waals surface area contributed by atoms with Crippen LogP contribution in [0.3, 0.4) is 0 Å². The van der Waals surface area contributed by atoms with Crippen LogP contribution in [0.2, 0.25) is 0 Å². The minimum atomic E-state index is -1.06. The molecule has 1 aliphatic heterocycles. The summed E-state index contributed by atoms with van der Waals surface area (Å²) in [5.41, 5.74) is -0.323. The number of hydrogen-bond acceptors (Lipinski definition) is 5. The Morgan fingerprint density at radius 2 is 1.62 bits per heavy atom. The van der Waals surface area contributed by atoms with Gasteiger partial charge in [-0.1, -0.05) is 39.2 Å². The van der Waals surface area contributed by atoms with Crippen molar-refractivity contribution in [2.45, 2.75) is 127 Å². The van der Waals surface area contributed by atoms with Gasteiger partial charge in [0.1, 0.15) is 12.1 Å². The standard InChI is InChI=1S/C38H55N5O5/c1-5-7-14-28(32(44)34(46)39-15-8-6-2)40-33(45)31-29-27(37(29,3)4)22-43(31)35(47)30(26-12-10-9-11-13-26)41-36(48)42-38-19-23-16-24(20-38)18-25(17-23)21-38/h2,5,23-31H,1,7-22H2,3-4H3,(H,39,46)(H,40,45)(H2,41,42,48)/t23?,24?,25?,27-,28?,29-,30?,31-,38?/m0/s1. The third-order valence-electron chi connectivity index (χ3n) is 12.9. The third kappa shape index (κ3) is 6.89. The molecule has 4 N–H and O–H groups in total. The van der Waals surface area contributed by atoms with Crippen LogP contribution in [0.1, 0.15) is 104 Å². The maximum Gasteiger partial charge on any atom is 0.315 e. The number of fused-ring (bicyclic) bond motifs is 1. The highest BCUT2D eigenvalue weighted by atomic mass is 16.2. The molecule has 0 aromatic carbocycles. The van der Waals surface area contributed by atoms with Crippen molar-refractivity contribution >= 4 is 29.5 Å². The Balaban J connectivity index is 1.18. The number of nitrogens with one attached hydrogen (secondary N) is 4. The second kappa shape index (κ2) is 13.9. The molecule has 6 saturated carbocycles. The number of hydrogen-bond donors (Lipinski definition) is 4. The van der Waals surface area contributed by atoms with Gasteiger partial charge in [0.05, 0.1) is 6.04 Å². The molecule has 6 aliphatic carbocycles. The van der Waals surface area contributed by atoms with Gasteiger partial charge in [0.15, 0.2) is 0 Å². The first-order valence-corrected chi connectivity index (χ1v) is 18.5. The Labute approximate surface area is 285 Å². The van der Waals surface area contributed by atoms with Gasteiger partial charge in [0.2, 0.25) is 17.6 Å². The van der Waals surface area contributed by atoms with Crippen LogP contribution in [0.4, 0.5) is 4.79 Å². The highest BCUT2D eigenvalue weighted by Gasteiger charge is 2.70. The molecule has 7 rings (SSSR count). The van der Waals surface area contributed by atoms with Gasteiger partial charge in [0, 0.05) is 25.0 Å². The van der Waals surface area contributed by atoms with Crippen molar-refractivity contribution in [1.82, 2.24) is 26.2 Å². The Bertz CT molecular complexity index is 1310.